The van der Waals surface area contributed by atoms with Gasteiger partial charge in [0.15, 0.2) is 0 Å². The molecule has 1 aromatic carbocycles. The Balaban J connectivity index is 1.86. The molecule has 1 amide bonds. The summed E-state index contributed by atoms with van der Waals surface area (Å²) < 4.78 is 16.5. The van der Waals surface area contributed by atoms with Crippen molar-refractivity contribution in [1.29, 1.82) is 0 Å². The minimum atomic E-state index is -0.0837. The number of amides is 1. The predicted octanol–water partition coefficient (Wildman–Crippen LogP) is 1.00. The molecular formula is C17H26N2O4. The van der Waals surface area contributed by atoms with Gasteiger partial charge >= 0.3 is 0 Å². The van der Waals surface area contributed by atoms with Crippen LogP contribution in [0.4, 0.5) is 0 Å². The summed E-state index contributed by atoms with van der Waals surface area (Å²) in [6.07, 6.45) is -0.0837. The summed E-state index contributed by atoms with van der Waals surface area (Å²) in [5.41, 5.74) is 1.22. The van der Waals surface area contributed by atoms with Crippen LogP contribution in [0.25, 0.3) is 0 Å². The SMILES string of the molecule is COc1ccc(CN2CCOCC(OCC(=O)N(C)C)C2)cc1. The van der Waals surface area contributed by atoms with Gasteiger partial charge in [0, 0.05) is 33.7 Å². The van der Waals surface area contributed by atoms with Crippen molar-refractivity contribution >= 4 is 5.91 Å². The molecule has 1 atom stereocenters. The van der Waals surface area contributed by atoms with Crippen LogP contribution in [0.2, 0.25) is 0 Å². The van der Waals surface area contributed by atoms with Crippen molar-refractivity contribution < 1.29 is 19.0 Å². The standard InChI is InChI=1S/C17H26N2O4/c1-18(2)17(20)13-23-16-11-19(8-9-22-12-16)10-14-4-6-15(21-3)7-5-14/h4-7,16H,8-13H2,1-3H3. The Morgan fingerprint density at radius 3 is 2.74 bits per heavy atom. The molecule has 0 aromatic heterocycles. The van der Waals surface area contributed by atoms with Crippen LogP contribution in [0, 0.1) is 0 Å². The summed E-state index contributed by atoms with van der Waals surface area (Å²) in [4.78, 5) is 15.5. The monoisotopic (exact) mass is 322 g/mol. The highest BCUT2D eigenvalue weighted by atomic mass is 16.5. The fourth-order valence-electron chi connectivity index (χ4n) is 2.39. The largest absolute Gasteiger partial charge is 0.497 e. The van der Waals surface area contributed by atoms with Crippen molar-refractivity contribution in [3.8, 4) is 5.75 Å². The molecule has 0 spiro atoms. The molecule has 1 saturated heterocycles. The van der Waals surface area contributed by atoms with Gasteiger partial charge in [0.05, 0.1) is 26.4 Å². The highest BCUT2D eigenvalue weighted by molar-refractivity contribution is 5.76. The maximum Gasteiger partial charge on any atom is 0.248 e. The number of methoxy groups -OCH3 is 1. The fourth-order valence-corrected chi connectivity index (χ4v) is 2.39. The number of ether oxygens (including phenoxy) is 3. The van der Waals surface area contributed by atoms with E-state index in [2.05, 4.69) is 17.0 Å². The van der Waals surface area contributed by atoms with Crippen molar-refractivity contribution in [2.24, 2.45) is 0 Å². The first-order valence-corrected chi connectivity index (χ1v) is 7.83. The van der Waals surface area contributed by atoms with Gasteiger partial charge in [0.25, 0.3) is 0 Å². The second kappa shape index (κ2) is 8.86. The van der Waals surface area contributed by atoms with Crippen LogP contribution in [0.3, 0.4) is 0 Å². The van der Waals surface area contributed by atoms with Crippen molar-refractivity contribution in [2.45, 2.75) is 12.6 Å². The molecule has 0 saturated carbocycles. The summed E-state index contributed by atoms with van der Waals surface area (Å²) in [7, 11) is 5.12. The van der Waals surface area contributed by atoms with Crippen LogP contribution in [0.5, 0.6) is 5.75 Å². The van der Waals surface area contributed by atoms with Gasteiger partial charge in [-0.05, 0) is 17.7 Å². The van der Waals surface area contributed by atoms with E-state index in [0.29, 0.717) is 13.2 Å². The summed E-state index contributed by atoms with van der Waals surface area (Å²) >= 11 is 0. The highest BCUT2D eigenvalue weighted by Gasteiger charge is 2.20. The number of hydrogen-bond donors (Lipinski definition) is 0. The first-order valence-electron chi connectivity index (χ1n) is 7.83. The lowest BCUT2D eigenvalue weighted by atomic mass is 10.2. The molecular weight excluding hydrogens is 296 g/mol. The van der Waals surface area contributed by atoms with Gasteiger partial charge in [-0.25, -0.2) is 0 Å². The smallest absolute Gasteiger partial charge is 0.248 e. The number of carbonyl (C=O) groups is 1. The molecule has 1 heterocycles. The van der Waals surface area contributed by atoms with Gasteiger partial charge in [0.1, 0.15) is 12.4 Å². The quantitative estimate of drug-likeness (QED) is 0.782. The van der Waals surface area contributed by atoms with Crippen molar-refractivity contribution in [3.63, 3.8) is 0 Å². The Kier molecular flexibility index (Phi) is 6.83. The summed E-state index contributed by atoms with van der Waals surface area (Å²) in [6.45, 7) is 3.74. The lowest BCUT2D eigenvalue weighted by Crippen LogP contribution is -2.36. The van der Waals surface area contributed by atoms with Crippen LogP contribution < -0.4 is 4.74 Å². The summed E-state index contributed by atoms with van der Waals surface area (Å²) in [6, 6.07) is 8.06. The van der Waals surface area contributed by atoms with E-state index in [1.807, 2.05) is 12.1 Å². The number of rotatable bonds is 6. The predicted molar refractivity (Wildman–Crippen MR) is 87.5 cm³/mol. The minimum absolute atomic E-state index is 0.0315. The lowest BCUT2D eigenvalue weighted by Gasteiger charge is -2.24. The molecule has 128 valence electrons. The molecule has 1 unspecified atom stereocenters. The number of nitrogens with zero attached hydrogens (tertiary/aromatic N) is 2. The van der Waals surface area contributed by atoms with E-state index in [4.69, 9.17) is 14.2 Å². The number of benzene rings is 1. The van der Waals surface area contributed by atoms with Crippen LogP contribution in [0.15, 0.2) is 24.3 Å². The fraction of sp³-hybridized carbons (Fsp3) is 0.588. The zero-order valence-corrected chi connectivity index (χ0v) is 14.2. The Bertz CT molecular complexity index is 490. The first-order chi connectivity index (χ1) is 11.1. The molecule has 0 N–H and O–H groups in total. The van der Waals surface area contributed by atoms with Gasteiger partial charge in [-0.2, -0.15) is 0 Å². The van der Waals surface area contributed by atoms with E-state index in [1.54, 1.807) is 21.2 Å². The highest BCUT2D eigenvalue weighted by Crippen LogP contribution is 2.14. The minimum Gasteiger partial charge on any atom is -0.497 e. The molecule has 0 bridgehead atoms. The van der Waals surface area contributed by atoms with Crippen LogP contribution >= 0.6 is 0 Å². The van der Waals surface area contributed by atoms with Crippen molar-refractivity contribution in [2.75, 3.05) is 54.1 Å². The third-order valence-corrected chi connectivity index (χ3v) is 3.82. The van der Waals surface area contributed by atoms with Gasteiger partial charge in [0.2, 0.25) is 5.91 Å². The van der Waals surface area contributed by atoms with Crippen molar-refractivity contribution in [1.82, 2.24) is 9.80 Å². The normalized spacial score (nSPS) is 19.2. The number of carbonyl (C=O) groups excluding carboxylic acids is 1. The van der Waals surface area contributed by atoms with E-state index in [1.165, 1.54) is 10.5 Å². The van der Waals surface area contributed by atoms with E-state index >= 15 is 0 Å². The van der Waals surface area contributed by atoms with E-state index in [-0.39, 0.29) is 18.6 Å². The molecule has 23 heavy (non-hydrogen) atoms. The topological polar surface area (TPSA) is 51.2 Å². The first kappa shape index (κ1) is 17.7. The average molecular weight is 322 g/mol. The van der Waals surface area contributed by atoms with E-state index in [0.717, 1.165) is 25.4 Å². The zero-order chi connectivity index (χ0) is 16.7. The van der Waals surface area contributed by atoms with E-state index < -0.39 is 0 Å². The van der Waals surface area contributed by atoms with Gasteiger partial charge < -0.3 is 19.1 Å². The van der Waals surface area contributed by atoms with E-state index in [9.17, 15) is 4.79 Å². The molecule has 2 rings (SSSR count). The van der Waals surface area contributed by atoms with Gasteiger partial charge in [-0.3, -0.25) is 9.69 Å². The second-order valence-corrected chi connectivity index (χ2v) is 5.88. The van der Waals surface area contributed by atoms with Crippen molar-refractivity contribution in [3.05, 3.63) is 29.8 Å². The van der Waals surface area contributed by atoms with Crippen LogP contribution in [-0.2, 0) is 20.8 Å². The molecule has 1 fully saturated rings. The summed E-state index contributed by atoms with van der Waals surface area (Å²) in [5, 5.41) is 0. The molecule has 1 aliphatic rings. The van der Waals surface area contributed by atoms with Gasteiger partial charge in [-0.1, -0.05) is 12.1 Å². The molecule has 0 aliphatic carbocycles. The Morgan fingerprint density at radius 2 is 2.09 bits per heavy atom. The van der Waals surface area contributed by atoms with Crippen LogP contribution in [0.1, 0.15) is 5.56 Å². The second-order valence-electron chi connectivity index (χ2n) is 5.88. The molecule has 0 radical (unpaired) electrons. The van der Waals surface area contributed by atoms with Gasteiger partial charge in [-0.15, -0.1) is 0 Å². The third-order valence-electron chi connectivity index (χ3n) is 3.82. The number of likely N-dealkylation sites (N-methyl/N-ethyl adjacent to an activating group) is 1. The maximum atomic E-state index is 11.6. The molecule has 6 heteroatoms. The number of hydrogen-bond acceptors (Lipinski definition) is 5. The zero-order valence-electron chi connectivity index (χ0n) is 14.2. The molecule has 1 aliphatic heterocycles. The summed E-state index contributed by atoms with van der Waals surface area (Å²) in [5.74, 6) is 0.826. The average Bonchev–Trinajstić information content (AvgIpc) is 2.78. The molecule has 6 nitrogen and oxygen atoms in total. The Labute approximate surface area is 137 Å². The van der Waals surface area contributed by atoms with Crippen LogP contribution in [-0.4, -0.2) is 75.9 Å². The Hall–Kier alpha value is -1.63. The lowest BCUT2D eigenvalue weighted by molar-refractivity contribution is -0.136. The maximum absolute atomic E-state index is 11.6. The molecule has 1 aromatic rings. The third kappa shape index (κ3) is 5.82. The Morgan fingerprint density at radius 1 is 1.35 bits per heavy atom.